The third-order valence-corrected chi connectivity index (χ3v) is 2.28. The van der Waals surface area contributed by atoms with Gasteiger partial charge >= 0.3 is 0 Å². The third kappa shape index (κ3) is 2.80. The summed E-state index contributed by atoms with van der Waals surface area (Å²) < 4.78 is 0. The fourth-order valence-electron chi connectivity index (χ4n) is 1.35. The number of aliphatic hydroxyl groups is 2. The van der Waals surface area contributed by atoms with Crippen LogP contribution in [0.3, 0.4) is 0 Å². The minimum atomic E-state index is -0.405. The number of aryl methyl sites for hydroxylation is 1. The molecule has 6 heteroatoms. The van der Waals surface area contributed by atoms with E-state index in [0.29, 0.717) is 11.6 Å². The molecule has 1 rings (SSSR count). The highest BCUT2D eigenvalue weighted by Crippen LogP contribution is 2.19. The molecule has 0 atom stereocenters. The van der Waals surface area contributed by atoms with Gasteiger partial charge in [0, 0.05) is 12.6 Å². The van der Waals surface area contributed by atoms with Crippen LogP contribution in [0.15, 0.2) is 0 Å². The molecule has 0 unspecified atom stereocenters. The van der Waals surface area contributed by atoms with Crippen molar-refractivity contribution in [2.75, 3.05) is 30.9 Å². The van der Waals surface area contributed by atoms with E-state index < -0.39 is 6.04 Å². The van der Waals surface area contributed by atoms with Crippen molar-refractivity contribution in [2.24, 2.45) is 0 Å². The summed E-state index contributed by atoms with van der Waals surface area (Å²) in [5.41, 5.74) is 0.861. The number of rotatable bonds is 5. The van der Waals surface area contributed by atoms with E-state index in [4.69, 9.17) is 10.2 Å². The molecule has 0 aliphatic carbocycles. The van der Waals surface area contributed by atoms with Gasteiger partial charge in [-0.1, -0.05) is 0 Å². The number of aliphatic hydroxyl groups excluding tert-OH is 2. The topological polar surface area (TPSA) is 90.3 Å². The summed E-state index contributed by atoms with van der Waals surface area (Å²) >= 11 is 0. The molecule has 4 N–H and O–H groups in total. The molecule has 1 heterocycles. The van der Waals surface area contributed by atoms with Crippen molar-refractivity contribution in [1.29, 1.82) is 0 Å². The second-order valence-corrected chi connectivity index (χ2v) is 3.55. The molecular formula is C10H18N4O2. The van der Waals surface area contributed by atoms with Crippen LogP contribution in [0.5, 0.6) is 0 Å². The summed E-state index contributed by atoms with van der Waals surface area (Å²) in [6.07, 6.45) is 0. The van der Waals surface area contributed by atoms with Crippen molar-refractivity contribution in [3.63, 3.8) is 0 Å². The van der Waals surface area contributed by atoms with Gasteiger partial charge in [0.1, 0.15) is 17.5 Å². The number of hydrogen-bond donors (Lipinski definition) is 4. The average Bonchev–Trinajstić information content (AvgIpc) is 2.29. The molecule has 0 fully saturated rings. The largest absolute Gasteiger partial charge is 0.394 e. The lowest BCUT2D eigenvalue weighted by Gasteiger charge is -2.17. The molecule has 0 saturated heterocycles. The molecular weight excluding hydrogens is 208 g/mol. The van der Waals surface area contributed by atoms with E-state index in [0.717, 1.165) is 11.4 Å². The molecule has 90 valence electrons. The summed E-state index contributed by atoms with van der Waals surface area (Å²) in [5.74, 6) is 2.00. The molecule has 16 heavy (non-hydrogen) atoms. The number of nitrogens with zero attached hydrogens (tertiary/aromatic N) is 2. The van der Waals surface area contributed by atoms with Crippen molar-refractivity contribution in [2.45, 2.75) is 19.9 Å². The first-order valence-electron chi connectivity index (χ1n) is 5.13. The number of hydrogen-bond acceptors (Lipinski definition) is 6. The molecule has 0 amide bonds. The van der Waals surface area contributed by atoms with E-state index in [1.165, 1.54) is 0 Å². The maximum atomic E-state index is 8.99. The normalized spacial score (nSPS) is 10.6. The highest BCUT2D eigenvalue weighted by atomic mass is 16.3. The Balaban J connectivity index is 2.98. The highest BCUT2D eigenvalue weighted by molar-refractivity contribution is 5.57. The standard InChI is InChI=1S/C10H18N4O2/c1-6-9(11-3)12-7(2)13-10(6)14-8(4-15)5-16/h8,15-16H,4-5H2,1-3H3,(H2,11,12,13,14). The maximum absolute atomic E-state index is 8.99. The van der Waals surface area contributed by atoms with E-state index in [1.807, 2.05) is 6.92 Å². The van der Waals surface area contributed by atoms with E-state index >= 15 is 0 Å². The molecule has 0 aliphatic heterocycles. The Morgan fingerprint density at radius 2 is 1.69 bits per heavy atom. The Morgan fingerprint density at radius 1 is 1.12 bits per heavy atom. The van der Waals surface area contributed by atoms with Crippen LogP contribution in [0.2, 0.25) is 0 Å². The van der Waals surface area contributed by atoms with Gasteiger partial charge in [-0.25, -0.2) is 9.97 Å². The van der Waals surface area contributed by atoms with Gasteiger partial charge < -0.3 is 20.8 Å². The van der Waals surface area contributed by atoms with Crippen LogP contribution in [0.25, 0.3) is 0 Å². The first-order valence-corrected chi connectivity index (χ1v) is 5.13. The second kappa shape index (κ2) is 5.62. The van der Waals surface area contributed by atoms with Crippen LogP contribution in [0.4, 0.5) is 11.6 Å². The number of anilines is 2. The van der Waals surface area contributed by atoms with Crippen LogP contribution in [0, 0.1) is 13.8 Å². The lowest BCUT2D eigenvalue weighted by molar-refractivity contribution is 0.203. The second-order valence-electron chi connectivity index (χ2n) is 3.55. The van der Waals surface area contributed by atoms with Gasteiger partial charge in [-0.3, -0.25) is 0 Å². The quantitative estimate of drug-likeness (QED) is 0.560. The van der Waals surface area contributed by atoms with Gasteiger partial charge in [0.15, 0.2) is 0 Å². The van der Waals surface area contributed by atoms with Crippen LogP contribution < -0.4 is 10.6 Å². The monoisotopic (exact) mass is 226 g/mol. The number of nitrogens with one attached hydrogen (secondary N) is 2. The van der Waals surface area contributed by atoms with Gasteiger partial charge in [-0.2, -0.15) is 0 Å². The molecule has 0 spiro atoms. The Morgan fingerprint density at radius 3 is 2.19 bits per heavy atom. The van der Waals surface area contributed by atoms with Crippen molar-refractivity contribution in [3.8, 4) is 0 Å². The molecule has 0 saturated carbocycles. The summed E-state index contributed by atoms with van der Waals surface area (Å²) in [7, 11) is 1.79. The predicted octanol–water partition coefficient (Wildman–Crippen LogP) is -0.0998. The summed E-state index contributed by atoms with van der Waals surface area (Å²) in [6.45, 7) is 3.37. The zero-order valence-electron chi connectivity index (χ0n) is 9.78. The fraction of sp³-hybridized carbons (Fsp3) is 0.600. The zero-order valence-corrected chi connectivity index (χ0v) is 9.78. The molecule has 0 aromatic carbocycles. The van der Waals surface area contributed by atoms with E-state index in [-0.39, 0.29) is 13.2 Å². The SMILES string of the molecule is CNc1nc(C)nc(NC(CO)CO)c1C. The smallest absolute Gasteiger partial charge is 0.135 e. The third-order valence-electron chi connectivity index (χ3n) is 2.28. The van der Waals surface area contributed by atoms with E-state index in [1.54, 1.807) is 14.0 Å². The lowest BCUT2D eigenvalue weighted by Crippen LogP contribution is -2.29. The fourth-order valence-corrected chi connectivity index (χ4v) is 1.35. The first kappa shape index (κ1) is 12.7. The van der Waals surface area contributed by atoms with Crippen molar-refractivity contribution < 1.29 is 10.2 Å². The first-order chi connectivity index (χ1) is 7.62. The van der Waals surface area contributed by atoms with Crippen LogP contribution in [-0.2, 0) is 0 Å². The Kier molecular flexibility index (Phi) is 4.45. The number of aromatic nitrogens is 2. The molecule has 1 aromatic rings. The molecule has 0 bridgehead atoms. The minimum Gasteiger partial charge on any atom is -0.394 e. The average molecular weight is 226 g/mol. The Labute approximate surface area is 94.7 Å². The summed E-state index contributed by atoms with van der Waals surface area (Å²) in [4.78, 5) is 8.46. The van der Waals surface area contributed by atoms with Crippen LogP contribution in [0.1, 0.15) is 11.4 Å². The van der Waals surface area contributed by atoms with E-state index in [9.17, 15) is 0 Å². The summed E-state index contributed by atoms with van der Waals surface area (Å²) in [5, 5.41) is 23.9. The predicted molar refractivity (Wildman–Crippen MR) is 62.6 cm³/mol. The lowest BCUT2D eigenvalue weighted by atomic mass is 10.2. The zero-order chi connectivity index (χ0) is 12.1. The van der Waals surface area contributed by atoms with Crippen molar-refractivity contribution in [1.82, 2.24) is 9.97 Å². The van der Waals surface area contributed by atoms with Gasteiger partial charge in [-0.15, -0.1) is 0 Å². The minimum absolute atomic E-state index is 0.145. The van der Waals surface area contributed by atoms with E-state index in [2.05, 4.69) is 20.6 Å². The molecule has 0 radical (unpaired) electrons. The molecule has 6 nitrogen and oxygen atoms in total. The Bertz CT molecular complexity index is 353. The van der Waals surface area contributed by atoms with Gasteiger partial charge in [0.05, 0.1) is 19.3 Å². The Hall–Kier alpha value is -1.40. The maximum Gasteiger partial charge on any atom is 0.135 e. The van der Waals surface area contributed by atoms with Crippen molar-refractivity contribution in [3.05, 3.63) is 11.4 Å². The van der Waals surface area contributed by atoms with Crippen molar-refractivity contribution >= 4 is 11.6 Å². The van der Waals surface area contributed by atoms with Crippen LogP contribution in [-0.4, -0.2) is 46.5 Å². The van der Waals surface area contributed by atoms with Gasteiger partial charge in [0.2, 0.25) is 0 Å². The van der Waals surface area contributed by atoms with Crippen LogP contribution >= 0.6 is 0 Å². The van der Waals surface area contributed by atoms with Gasteiger partial charge in [-0.05, 0) is 13.8 Å². The molecule has 0 aliphatic rings. The highest BCUT2D eigenvalue weighted by Gasteiger charge is 2.12. The molecule has 1 aromatic heterocycles. The van der Waals surface area contributed by atoms with Gasteiger partial charge in [0.25, 0.3) is 0 Å². The summed E-state index contributed by atoms with van der Waals surface area (Å²) in [6, 6.07) is -0.405.